The Labute approximate surface area is 89.1 Å². The molecule has 0 heterocycles. The van der Waals surface area contributed by atoms with Crippen LogP contribution in [0.2, 0.25) is 5.02 Å². The van der Waals surface area contributed by atoms with E-state index in [0.717, 1.165) is 12.0 Å². The van der Waals surface area contributed by atoms with E-state index in [1.807, 2.05) is 0 Å². The molecule has 0 aromatic heterocycles. The number of halogens is 2. The highest BCUT2D eigenvalue weighted by Crippen LogP contribution is 2.22. The van der Waals surface area contributed by atoms with Gasteiger partial charge in [0.05, 0.1) is 0 Å². The molecule has 0 aliphatic carbocycles. The van der Waals surface area contributed by atoms with Gasteiger partial charge in [-0.2, -0.15) is 0 Å². The van der Waals surface area contributed by atoms with E-state index in [1.165, 1.54) is 12.1 Å². The molecule has 0 amide bonds. The Morgan fingerprint density at radius 2 is 2.00 bits per heavy atom. The molecule has 0 unspecified atom stereocenters. The second kappa shape index (κ2) is 4.76. The lowest BCUT2D eigenvalue weighted by atomic mass is 9.98. The maximum Gasteiger partial charge on any atom is 0.125 e. The van der Waals surface area contributed by atoms with Crippen LogP contribution in [0.1, 0.15) is 31.9 Å². The average molecular weight is 216 g/mol. The molecule has 0 spiro atoms. The first-order chi connectivity index (χ1) is 6.49. The fourth-order valence-corrected chi connectivity index (χ4v) is 1.66. The van der Waals surface area contributed by atoms with Crippen molar-refractivity contribution in [2.45, 2.75) is 26.3 Å². The van der Waals surface area contributed by atoms with Crippen LogP contribution in [0.4, 0.5) is 4.39 Å². The minimum Gasteiger partial charge on any atom is -0.324 e. The van der Waals surface area contributed by atoms with Crippen molar-refractivity contribution < 1.29 is 4.39 Å². The van der Waals surface area contributed by atoms with Gasteiger partial charge in [-0.3, -0.25) is 0 Å². The Morgan fingerprint density at radius 3 is 2.50 bits per heavy atom. The van der Waals surface area contributed by atoms with Crippen molar-refractivity contribution >= 4 is 11.6 Å². The molecule has 78 valence electrons. The summed E-state index contributed by atoms with van der Waals surface area (Å²) in [5, 5.41) is 0.402. The molecular weight excluding hydrogens is 201 g/mol. The molecule has 2 N–H and O–H groups in total. The number of benzene rings is 1. The highest BCUT2D eigenvalue weighted by Gasteiger charge is 2.10. The second-order valence-electron chi connectivity index (χ2n) is 3.94. The van der Waals surface area contributed by atoms with Crippen molar-refractivity contribution in [1.82, 2.24) is 0 Å². The molecule has 1 aromatic rings. The lowest BCUT2D eigenvalue weighted by Crippen LogP contribution is -2.13. The maximum atomic E-state index is 13.0. The molecular formula is C11H15ClFN. The fraction of sp³-hybridized carbons (Fsp3) is 0.455. The van der Waals surface area contributed by atoms with Gasteiger partial charge < -0.3 is 5.73 Å². The van der Waals surface area contributed by atoms with Gasteiger partial charge in [-0.25, -0.2) is 4.39 Å². The van der Waals surface area contributed by atoms with Gasteiger partial charge >= 0.3 is 0 Å². The van der Waals surface area contributed by atoms with E-state index in [9.17, 15) is 4.39 Å². The van der Waals surface area contributed by atoms with Gasteiger partial charge in [0.1, 0.15) is 5.82 Å². The van der Waals surface area contributed by atoms with Crippen molar-refractivity contribution in [2.75, 3.05) is 0 Å². The summed E-state index contributed by atoms with van der Waals surface area (Å²) in [5.74, 6) is 0.166. The van der Waals surface area contributed by atoms with Crippen molar-refractivity contribution in [1.29, 1.82) is 0 Å². The van der Waals surface area contributed by atoms with Crippen molar-refractivity contribution in [3.05, 3.63) is 34.6 Å². The number of hydrogen-bond donors (Lipinski definition) is 1. The Hall–Kier alpha value is -0.600. The predicted octanol–water partition coefficient (Wildman–Crippen LogP) is 3.53. The van der Waals surface area contributed by atoms with E-state index in [1.54, 1.807) is 6.07 Å². The zero-order valence-corrected chi connectivity index (χ0v) is 9.18. The molecule has 0 fully saturated rings. The van der Waals surface area contributed by atoms with Crippen LogP contribution in [0.3, 0.4) is 0 Å². The standard InChI is InChI=1S/C11H15ClFN/c1-7(2)3-11(14)8-4-9(12)6-10(13)5-8/h4-7,11H,3,14H2,1-2H3/t11-/m0/s1. The number of rotatable bonds is 3. The molecule has 14 heavy (non-hydrogen) atoms. The lowest BCUT2D eigenvalue weighted by Gasteiger charge is -2.14. The number of nitrogens with two attached hydrogens (primary N) is 1. The SMILES string of the molecule is CC(C)C[C@H](N)c1cc(F)cc(Cl)c1. The predicted molar refractivity (Wildman–Crippen MR) is 57.8 cm³/mol. The molecule has 3 heteroatoms. The third-order valence-corrected chi connectivity index (χ3v) is 2.26. The highest BCUT2D eigenvalue weighted by atomic mass is 35.5. The molecule has 1 atom stereocenters. The van der Waals surface area contributed by atoms with Gasteiger partial charge in [0, 0.05) is 11.1 Å². The Morgan fingerprint density at radius 1 is 1.36 bits per heavy atom. The lowest BCUT2D eigenvalue weighted by molar-refractivity contribution is 0.507. The van der Waals surface area contributed by atoms with E-state index in [4.69, 9.17) is 17.3 Å². The molecule has 0 bridgehead atoms. The smallest absolute Gasteiger partial charge is 0.125 e. The summed E-state index contributed by atoms with van der Waals surface area (Å²) < 4.78 is 13.0. The Bertz CT molecular complexity index is 292. The first kappa shape index (κ1) is 11.5. The first-order valence-electron chi connectivity index (χ1n) is 4.70. The fourth-order valence-electron chi connectivity index (χ4n) is 1.43. The summed E-state index contributed by atoms with van der Waals surface area (Å²) in [4.78, 5) is 0. The van der Waals surface area contributed by atoms with E-state index in [0.29, 0.717) is 10.9 Å². The molecule has 0 radical (unpaired) electrons. The molecule has 1 rings (SSSR count). The third-order valence-electron chi connectivity index (χ3n) is 2.04. The summed E-state index contributed by atoms with van der Waals surface area (Å²) in [6.07, 6.45) is 0.833. The molecule has 1 nitrogen and oxygen atoms in total. The van der Waals surface area contributed by atoms with Crippen molar-refractivity contribution in [3.63, 3.8) is 0 Å². The summed E-state index contributed by atoms with van der Waals surface area (Å²) in [6.45, 7) is 4.17. The van der Waals surface area contributed by atoms with Gasteiger partial charge in [-0.05, 0) is 36.1 Å². The maximum absolute atomic E-state index is 13.0. The van der Waals surface area contributed by atoms with E-state index in [-0.39, 0.29) is 11.9 Å². The van der Waals surface area contributed by atoms with Gasteiger partial charge in [-0.15, -0.1) is 0 Å². The summed E-state index contributed by atoms with van der Waals surface area (Å²) in [7, 11) is 0. The quantitative estimate of drug-likeness (QED) is 0.820. The van der Waals surface area contributed by atoms with Crippen LogP contribution in [0.15, 0.2) is 18.2 Å². The molecule has 0 saturated carbocycles. The molecule has 0 saturated heterocycles. The van der Waals surface area contributed by atoms with Gasteiger partial charge in [0.25, 0.3) is 0 Å². The van der Waals surface area contributed by atoms with Gasteiger partial charge in [0.2, 0.25) is 0 Å². The van der Waals surface area contributed by atoms with Crippen molar-refractivity contribution in [2.24, 2.45) is 11.7 Å². The largest absolute Gasteiger partial charge is 0.324 e. The monoisotopic (exact) mass is 215 g/mol. The van der Waals surface area contributed by atoms with E-state index in [2.05, 4.69) is 13.8 Å². The topological polar surface area (TPSA) is 26.0 Å². The van der Waals surface area contributed by atoms with Gasteiger partial charge in [-0.1, -0.05) is 25.4 Å². The highest BCUT2D eigenvalue weighted by molar-refractivity contribution is 6.30. The summed E-state index contributed by atoms with van der Waals surface area (Å²) >= 11 is 5.74. The number of hydrogen-bond acceptors (Lipinski definition) is 1. The van der Waals surface area contributed by atoms with E-state index < -0.39 is 0 Å². The Kier molecular flexibility index (Phi) is 3.90. The minimum atomic E-state index is -0.327. The van der Waals surface area contributed by atoms with Crippen LogP contribution in [0.5, 0.6) is 0 Å². The zero-order valence-electron chi connectivity index (χ0n) is 8.43. The minimum absolute atomic E-state index is 0.136. The zero-order chi connectivity index (χ0) is 10.7. The molecule has 0 aliphatic rings. The average Bonchev–Trinajstić information content (AvgIpc) is 2.00. The van der Waals surface area contributed by atoms with Crippen LogP contribution in [-0.4, -0.2) is 0 Å². The van der Waals surface area contributed by atoms with Crippen LogP contribution in [-0.2, 0) is 0 Å². The molecule has 0 aliphatic heterocycles. The normalized spacial score (nSPS) is 13.3. The van der Waals surface area contributed by atoms with Crippen molar-refractivity contribution in [3.8, 4) is 0 Å². The van der Waals surface area contributed by atoms with E-state index >= 15 is 0 Å². The third kappa shape index (κ3) is 3.28. The van der Waals surface area contributed by atoms with Crippen LogP contribution in [0, 0.1) is 11.7 Å². The van der Waals surface area contributed by atoms with Crippen LogP contribution >= 0.6 is 11.6 Å². The van der Waals surface area contributed by atoms with Crippen LogP contribution < -0.4 is 5.73 Å². The molecule has 1 aromatic carbocycles. The summed E-state index contributed by atoms with van der Waals surface area (Å²) in [6, 6.07) is 4.31. The van der Waals surface area contributed by atoms with Crippen LogP contribution in [0.25, 0.3) is 0 Å². The second-order valence-corrected chi connectivity index (χ2v) is 4.38. The van der Waals surface area contributed by atoms with Gasteiger partial charge in [0.15, 0.2) is 0 Å². The Balaban J connectivity index is 2.84. The first-order valence-corrected chi connectivity index (χ1v) is 5.08. The summed E-state index contributed by atoms with van der Waals surface area (Å²) in [5.41, 5.74) is 6.68.